The fraction of sp³-hybridized carbons (Fsp3) is 0.714. The lowest BCUT2D eigenvalue weighted by molar-refractivity contribution is -0.125. The molecule has 1 aromatic rings. The molecular weight excluding hydrogens is 326 g/mol. The van der Waals surface area contributed by atoms with Gasteiger partial charge in [-0.3, -0.25) is 9.78 Å². The van der Waals surface area contributed by atoms with Gasteiger partial charge >= 0.3 is 0 Å². The second-order valence-electron chi connectivity index (χ2n) is 8.24. The summed E-state index contributed by atoms with van der Waals surface area (Å²) in [6.07, 6.45) is 6.11. The number of piperidine rings is 1. The zero-order valence-electron chi connectivity index (χ0n) is 16.2. The average molecular weight is 360 g/mol. The molecule has 0 spiro atoms. The molecule has 2 saturated heterocycles. The first-order valence-electron chi connectivity index (χ1n) is 10.0. The summed E-state index contributed by atoms with van der Waals surface area (Å²) < 4.78 is 5.73. The van der Waals surface area contributed by atoms with Gasteiger partial charge in [0, 0.05) is 43.9 Å². The first-order chi connectivity index (χ1) is 12.6. The number of Topliss-reactive ketones (excluding diaryl/α,β-unsaturated/α-hetero) is 1. The van der Waals surface area contributed by atoms with E-state index in [-0.39, 0.29) is 11.5 Å². The number of ether oxygens (including phenoxy) is 1. The van der Waals surface area contributed by atoms with E-state index >= 15 is 0 Å². The van der Waals surface area contributed by atoms with Crippen molar-refractivity contribution < 1.29 is 9.53 Å². The molecule has 1 N–H and O–H groups in total. The number of pyridine rings is 1. The van der Waals surface area contributed by atoms with Gasteiger partial charge in [-0.2, -0.15) is 0 Å². The standard InChI is InChI=1S/C21H33N3O2/c1-17(2)24-10-6-21(7-11-24,14-18-5-3-4-8-23-18)15-19(25)13-20-16-22-9-12-26-20/h3-5,8,17,20,22H,6-7,9-16H2,1-2H3. The van der Waals surface area contributed by atoms with Crippen LogP contribution in [0.4, 0.5) is 0 Å². The number of likely N-dealkylation sites (tertiary alicyclic amines) is 1. The highest BCUT2D eigenvalue weighted by Crippen LogP contribution is 2.39. The van der Waals surface area contributed by atoms with Crippen molar-refractivity contribution in [1.82, 2.24) is 15.2 Å². The summed E-state index contributed by atoms with van der Waals surface area (Å²) in [4.78, 5) is 19.9. The molecule has 1 aromatic heterocycles. The largest absolute Gasteiger partial charge is 0.375 e. The number of morpholine rings is 1. The Kier molecular flexibility index (Phi) is 6.79. The molecule has 26 heavy (non-hydrogen) atoms. The number of ketones is 1. The topological polar surface area (TPSA) is 54.5 Å². The maximum atomic E-state index is 12.8. The van der Waals surface area contributed by atoms with Gasteiger partial charge in [-0.25, -0.2) is 0 Å². The van der Waals surface area contributed by atoms with Crippen LogP contribution < -0.4 is 5.32 Å². The second kappa shape index (κ2) is 9.07. The summed E-state index contributed by atoms with van der Waals surface area (Å²) >= 11 is 0. The van der Waals surface area contributed by atoms with Crippen LogP contribution >= 0.6 is 0 Å². The molecule has 1 unspecified atom stereocenters. The predicted octanol–water partition coefficient (Wildman–Crippen LogP) is 2.45. The van der Waals surface area contributed by atoms with Crippen LogP contribution in [-0.2, 0) is 16.0 Å². The molecule has 0 radical (unpaired) electrons. The summed E-state index contributed by atoms with van der Waals surface area (Å²) in [6, 6.07) is 6.66. The molecule has 0 bridgehead atoms. The van der Waals surface area contributed by atoms with E-state index < -0.39 is 0 Å². The van der Waals surface area contributed by atoms with E-state index in [0.29, 0.717) is 31.3 Å². The highest BCUT2D eigenvalue weighted by atomic mass is 16.5. The van der Waals surface area contributed by atoms with Crippen molar-refractivity contribution in [2.24, 2.45) is 5.41 Å². The molecular formula is C21H33N3O2. The molecule has 3 rings (SSSR count). The van der Waals surface area contributed by atoms with Crippen LogP contribution in [0.2, 0.25) is 0 Å². The molecule has 5 heteroatoms. The van der Waals surface area contributed by atoms with E-state index in [1.165, 1.54) is 0 Å². The molecule has 2 fully saturated rings. The Labute approximate surface area is 157 Å². The smallest absolute Gasteiger partial charge is 0.136 e. The van der Waals surface area contributed by atoms with Gasteiger partial charge in [0.2, 0.25) is 0 Å². The van der Waals surface area contributed by atoms with E-state index in [9.17, 15) is 4.79 Å². The van der Waals surface area contributed by atoms with E-state index in [2.05, 4.69) is 35.1 Å². The zero-order chi connectivity index (χ0) is 18.4. The fourth-order valence-corrected chi connectivity index (χ4v) is 4.31. The number of rotatable bonds is 7. The number of nitrogens with one attached hydrogen (secondary N) is 1. The SMILES string of the molecule is CC(C)N1CCC(CC(=O)CC2CNCCO2)(Cc2ccccn2)CC1. The van der Waals surface area contributed by atoms with Crippen LogP contribution in [0.15, 0.2) is 24.4 Å². The number of hydrogen-bond acceptors (Lipinski definition) is 5. The Morgan fingerprint density at radius 3 is 2.81 bits per heavy atom. The minimum absolute atomic E-state index is 0.0406. The summed E-state index contributed by atoms with van der Waals surface area (Å²) in [5.41, 5.74) is 1.15. The Bertz CT molecular complexity index is 562. The minimum Gasteiger partial charge on any atom is -0.375 e. The van der Waals surface area contributed by atoms with Crippen molar-refractivity contribution in [1.29, 1.82) is 0 Å². The minimum atomic E-state index is 0.0406. The van der Waals surface area contributed by atoms with Crippen LogP contribution in [0.25, 0.3) is 0 Å². The Morgan fingerprint density at radius 2 is 2.19 bits per heavy atom. The van der Waals surface area contributed by atoms with Crippen molar-refractivity contribution >= 4 is 5.78 Å². The van der Waals surface area contributed by atoms with Crippen molar-refractivity contribution in [2.45, 2.75) is 58.1 Å². The molecule has 2 aliphatic rings. The molecule has 2 aliphatic heterocycles. The number of hydrogen-bond donors (Lipinski definition) is 1. The van der Waals surface area contributed by atoms with Gasteiger partial charge in [0.15, 0.2) is 0 Å². The number of aromatic nitrogens is 1. The monoisotopic (exact) mass is 359 g/mol. The Balaban J connectivity index is 1.65. The highest BCUT2D eigenvalue weighted by Gasteiger charge is 2.37. The van der Waals surface area contributed by atoms with Crippen LogP contribution in [0.1, 0.15) is 45.2 Å². The summed E-state index contributed by atoms with van der Waals surface area (Å²) in [6.45, 7) is 9.03. The van der Waals surface area contributed by atoms with Crippen LogP contribution in [0.3, 0.4) is 0 Å². The van der Waals surface area contributed by atoms with Crippen LogP contribution in [0, 0.1) is 5.41 Å². The van der Waals surface area contributed by atoms with E-state index in [1.54, 1.807) is 0 Å². The van der Waals surface area contributed by atoms with Crippen molar-refractivity contribution in [3.8, 4) is 0 Å². The third-order valence-corrected chi connectivity index (χ3v) is 5.90. The van der Waals surface area contributed by atoms with Crippen LogP contribution in [0.5, 0.6) is 0 Å². The van der Waals surface area contributed by atoms with Gasteiger partial charge in [-0.1, -0.05) is 6.07 Å². The highest BCUT2D eigenvalue weighted by molar-refractivity contribution is 5.79. The van der Waals surface area contributed by atoms with Crippen LogP contribution in [-0.4, -0.2) is 60.6 Å². The molecule has 0 amide bonds. The first kappa shape index (κ1) is 19.5. The number of carbonyl (C=O) groups excluding carboxylic acids is 1. The van der Waals surface area contributed by atoms with Gasteiger partial charge in [0.1, 0.15) is 5.78 Å². The third kappa shape index (κ3) is 5.35. The van der Waals surface area contributed by atoms with Gasteiger partial charge in [0.25, 0.3) is 0 Å². The molecule has 144 valence electrons. The van der Waals surface area contributed by atoms with Gasteiger partial charge in [-0.05, 0) is 63.7 Å². The molecule has 5 nitrogen and oxygen atoms in total. The maximum Gasteiger partial charge on any atom is 0.136 e. The summed E-state index contributed by atoms with van der Waals surface area (Å²) in [5, 5.41) is 3.32. The summed E-state index contributed by atoms with van der Waals surface area (Å²) in [7, 11) is 0. The summed E-state index contributed by atoms with van der Waals surface area (Å²) in [5.74, 6) is 0.340. The lowest BCUT2D eigenvalue weighted by atomic mass is 9.70. The van der Waals surface area contributed by atoms with Crippen molar-refractivity contribution in [3.63, 3.8) is 0 Å². The number of carbonyl (C=O) groups is 1. The van der Waals surface area contributed by atoms with Crippen molar-refractivity contribution in [3.05, 3.63) is 30.1 Å². The lowest BCUT2D eigenvalue weighted by Crippen LogP contribution is -2.45. The quantitative estimate of drug-likeness (QED) is 0.810. The first-order valence-corrected chi connectivity index (χ1v) is 10.0. The van der Waals surface area contributed by atoms with Gasteiger partial charge < -0.3 is 15.0 Å². The third-order valence-electron chi connectivity index (χ3n) is 5.90. The van der Waals surface area contributed by atoms with Crippen molar-refractivity contribution in [2.75, 3.05) is 32.8 Å². The lowest BCUT2D eigenvalue weighted by Gasteiger charge is -2.43. The maximum absolute atomic E-state index is 12.8. The Hall–Kier alpha value is -1.30. The average Bonchev–Trinajstić information content (AvgIpc) is 2.63. The molecule has 1 atom stereocenters. The van der Waals surface area contributed by atoms with E-state index in [4.69, 9.17) is 4.74 Å². The van der Waals surface area contributed by atoms with E-state index in [1.807, 2.05) is 18.3 Å². The predicted molar refractivity (Wildman–Crippen MR) is 103 cm³/mol. The normalized spacial score (nSPS) is 23.9. The number of nitrogens with zero attached hydrogens (tertiary/aromatic N) is 2. The van der Waals surface area contributed by atoms with Gasteiger partial charge in [0.05, 0.1) is 12.7 Å². The fourth-order valence-electron chi connectivity index (χ4n) is 4.31. The van der Waals surface area contributed by atoms with E-state index in [0.717, 1.165) is 51.1 Å². The molecule has 0 aliphatic carbocycles. The Morgan fingerprint density at radius 1 is 1.38 bits per heavy atom. The molecule has 3 heterocycles. The second-order valence-corrected chi connectivity index (χ2v) is 8.24. The zero-order valence-corrected chi connectivity index (χ0v) is 16.2. The van der Waals surface area contributed by atoms with Gasteiger partial charge in [-0.15, -0.1) is 0 Å². The molecule has 0 saturated carbocycles. The molecule has 0 aromatic carbocycles.